The molecule has 0 radical (unpaired) electrons. The number of imidazole rings is 1. The zero-order chi connectivity index (χ0) is 9.31. The summed E-state index contributed by atoms with van der Waals surface area (Å²) in [5.74, 6) is 0. The molecule has 72 valence electrons. The van der Waals surface area contributed by atoms with Gasteiger partial charge in [0.2, 0.25) is 0 Å². The first-order chi connectivity index (χ1) is 6.16. The molecule has 0 bridgehead atoms. The summed E-state index contributed by atoms with van der Waals surface area (Å²) in [4.78, 5) is 9.64. The summed E-state index contributed by atoms with van der Waals surface area (Å²) in [5.41, 5.74) is 1.72. The molecule has 2 heterocycles. The van der Waals surface area contributed by atoms with Crippen LogP contribution in [0.1, 0.15) is 26.0 Å². The average molecular weight is 179 g/mol. The second kappa shape index (κ2) is 3.14. The SMILES string of the molecule is CC1(C)CCN(Cc2cnc[nH]2)C1. The molecule has 0 aromatic carbocycles. The Morgan fingerprint density at radius 2 is 2.46 bits per heavy atom. The van der Waals surface area contributed by atoms with Gasteiger partial charge in [0.25, 0.3) is 0 Å². The second-order valence-corrected chi connectivity index (χ2v) is 4.70. The van der Waals surface area contributed by atoms with E-state index in [0.717, 1.165) is 6.54 Å². The van der Waals surface area contributed by atoms with E-state index >= 15 is 0 Å². The Kier molecular flexibility index (Phi) is 2.12. The Labute approximate surface area is 79.2 Å². The van der Waals surface area contributed by atoms with Gasteiger partial charge in [-0.25, -0.2) is 4.98 Å². The molecule has 0 unspecified atom stereocenters. The minimum absolute atomic E-state index is 0.500. The van der Waals surface area contributed by atoms with E-state index in [9.17, 15) is 0 Å². The number of hydrogen-bond acceptors (Lipinski definition) is 2. The van der Waals surface area contributed by atoms with E-state index in [1.54, 1.807) is 6.33 Å². The van der Waals surface area contributed by atoms with Gasteiger partial charge in [0.15, 0.2) is 0 Å². The summed E-state index contributed by atoms with van der Waals surface area (Å²) in [6, 6.07) is 0. The molecular formula is C10H17N3. The van der Waals surface area contributed by atoms with Crippen LogP contribution in [-0.4, -0.2) is 28.0 Å². The van der Waals surface area contributed by atoms with Crippen molar-refractivity contribution in [3.8, 4) is 0 Å². The topological polar surface area (TPSA) is 31.9 Å². The number of aromatic amines is 1. The molecule has 0 spiro atoms. The Morgan fingerprint density at radius 3 is 3.00 bits per heavy atom. The highest BCUT2D eigenvalue weighted by Crippen LogP contribution is 2.29. The number of nitrogens with zero attached hydrogens (tertiary/aromatic N) is 2. The number of nitrogens with one attached hydrogen (secondary N) is 1. The van der Waals surface area contributed by atoms with Crippen LogP contribution >= 0.6 is 0 Å². The summed E-state index contributed by atoms with van der Waals surface area (Å²) in [7, 11) is 0. The second-order valence-electron chi connectivity index (χ2n) is 4.70. The lowest BCUT2D eigenvalue weighted by Gasteiger charge is -2.18. The first kappa shape index (κ1) is 8.75. The van der Waals surface area contributed by atoms with Gasteiger partial charge < -0.3 is 4.98 Å². The third-order valence-electron chi connectivity index (χ3n) is 2.71. The van der Waals surface area contributed by atoms with Crippen molar-refractivity contribution in [2.24, 2.45) is 5.41 Å². The van der Waals surface area contributed by atoms with Crippen molar-refractivity contribution in [2.45, 2.75) is 26.8 Å². The predicted octanol–water partition coefficient (Wildman–Crippen LogP) is 1.64. The molecule has 0 atom stereocenters. The zero-order valence-corrected chi connectivity index (χ0v) is 8.38. The van der Waals surface area contributed by atoms with E-state index in [0.29, 0.717) is 5.41 Å². The van der Waals surface area contributed by atoms with Gasteiger partial charge >= 0.3 is 0 Å². The minimum Gasteiger partial charge on any atom is -0.347 e. The van der Waals surface area contributed by atoms with Crippen LogP contribution in [0.5, 0.6) is 0 Å². The van der Waals surface area contributed by atoms with E-state index in [2.05, 4.69) is 28.7 Å². The number of hydrogen-bond donors (Lipinski definition) is 1. The summed E-state index contributed by atoms with van der Waals surface area (Å²) in [6.45, 7) is 8.10. The van der Waals surface area contributed by atoms with Crippen molar-refractivity contribution in [3.63, 3.8) is 0 Å². The molecule has 2 rings (SSSR count). The van der Waals surface area contributed by atoms with E-state index in [-0.39, 0.29) is 0 Å². The van der Waals surface area contributed by atoms with Crippen molar-refractivity contribution < 1.29 is 0 Å². The maximum Gasteiger partial charge on any atom is 0.0922 e. The number of likely N-dealkylation sites (tertiary alicyclic amines) is 1. The third kappa shape index (κ3) is 2.10. The first-order valence-corrected chi connectivity index (χ1v) is 4.85. The van der Waals surface area contributed by atoms with Crippen LogP contribution in [0.25, 0.3) is 0 Å². The van der Waals surface area contributed by atoms with Crippen LogP contribution in [0, 0.1) is 5.41 Å². The normalized spacial score (nSPS) is 22.3. The Bertz CT molecular complexity index is 264. The fourth-order valence-corrected chi connectivity index (χ4v) is 1.97. The van der Waals surface area contributed by atoms with Crippen LogP contribution in [0.3, 0.4) is 0 Å². The lowest BCUT2D eigenvalue weighted by Crippen LogP contribution is -2.22. The smallest absolute Gasteiger partial charge is 0.0922 e. The number of aromatic nitrogens is 2. The predicted molar refractivity (Wildman–Crippen MR) is 52.3 cm³/mol. The molecule has 1 aliphatic heterocycles. The molecule has 0 amide bonds. The van der Waals surface area contributed by atoms with E-state index < -0.39 is 0 Å². The van der Waals surface area contributed by atoms with Crippen molar-refractivity contribution >= 4 is 0 Å². The largest absolute Gasteiger partial charge is 0.347 e. The van der Waals surface area contributed by atoms with Crippen molar-refractivity contribution in [1.82, 2.24) is 14.9 Å². The Hall–Kier alpha value is -0.830. The van der Waals surface area contributed by atoms with E-state index in [4.69, 9.17) is 0 Å². The fraction of sp³-hybridized carbons (Fsp3) is 0.700. The molecule has 1 aromatic rings. The molecule has 1 aromatic heterocycles. The van der Waals surface area contributed by atoms with E-state index in [1.807, 2.05) is 6.20 Å². The molecule has 3 heteroatoms. The summed E-state index contributed by atoms with van der Waals surface area (Å²) < 4.78 is 0. The molecule has 13 heavy (non-hydrogen) atoms. The van der Waals surface area contributed by atoms with Gasteiger partial charge in [-0.15, -0.1) is 0 Å². The average Bonchev–Trinajstić information content (AvgIpc) is 2.61. The first-order valence-electron chi connectivity index (χ1n) is 4.85. The highest BCUT2D eigenvalue weighted by Gasteiger charge is 2.28. The highest BCUT2D eigenvalue weighted by molar-refractivity contribution is 4.96. The summed E-state index contributed by atoms with van der Waals surface area (Å²) in [6.07, 6.45) is 4.96. The van der Waals surface area contributed by atoms with Crippen molar-refractivity contribution in [1.29, 1.82) is 0 Å². The van der Waals surface area contributed by atoms with Crippen LogP contribution in [0.2, 0.25) is 0 Å². The summed E-state index contributed by atoms with van der Waals surface area (Å²) in [5, 5.41) is 0. The number of rotatable bonds is 2. The quantitative estimate of drug-likeness (QED) is 0.748. The maximum absolute atomic E-state index is 4.02. The molecule has 3 nitrogen and oxygen atoms in total. The van der Waals surface area contributed by atoms with Gasteiger partial charge in [0, 0.05) is 25.0 Å². The fourth-order valence-electron chi connectivity index (χ4n) is 1.97. The van der Waals surface area contributed by atoms with Crippen molar-refractivity contribution in [3.05, 3.63) is 18.2 Å². The maximum atomic E-state index is 4.02. The molecular weight excluding hydrogens is 162 g/mol. The van der Waals surface area contributed by atoms with Gasteiger partial charge in [0.1, 0.15) is 0 Å². The van der Waals surface area contributed by atoms with Crippen LogP contribution < -0.4 is 0 Å². The van der Waals surface area contributed by atoms with Crippen LogP contribution in [-0.2, 0) is 6.54 Å². The molecule has 1 saturated heterocycles. The standard InChI is InChI=1S/C10H17N3/c1-10(2)3-4-13(7-10)6-9-5-11-8-12-9/h5,8H,3-4,6-7H2,1-2H3,(H,11,12). The van der Waals surface area contributed by atoms with Gasteiger partial charge in [-0.1, -0.05) is 13.8 Å². The Morgan fingerprint density at radius 1 is 1.62 bits per heavy atom. The molecule has 0 saturated carbocycles. The third-order valence-corrected chi connectivity index (χ3v) is 2.71. The zero-order valence-electron chi connectivity index (χ0n) is 8.38. The highest BCUT2D eigenvalue weighted by atomic mass is 15.2. The lowest BCUT2D eigenvalue weighted by atomic mass is 9.93. The van der Waals surface area contributed by atoms with Gasteiger partial charge in [-0.3, -0.25) is 4.90 Å². The lowest BCUT2D eigenvalue weighted by molar-refractivity contribution is 0.282. The van der Waals surface area contributed by atoms with Gasteiger partial charge in [-0.05, 0) is 18.4 Å². The molecule has 1 fully saturated rings. The van der Waals surface area contributed by atoms with E-state index in [1.165, 1.54) is 25.2 Å². The van der Waals surface area contributed by atoms with Crippen LogP contribution in [0.15, 0.2) is 12.5 Å². The van der Waals surface area contributed by atoms with Crippen molar-refractivity contribution in [2.75, 3.05) is 13.1 Å². The number of H-pyrrole nitrogens is 1. The molecule has 1 N–H and O–H groups in total. The van der Waals surface area contributed by atoms with Gasteiger partial charge in [0.05, 0.1) is 6.33 Å². The molecule has 1 aliphatic rings. The Balaban J connectivity index is 1.91. The summed E-state index contributed by atoms with van der Waals surface area (Å²) >= 11 is 0. The monoisotopic (exact) mass is 179 g/mol. The molecule has 0 aliphatic carbocycles. The minimum atomic E-state index is 0.500. The van der Waals surface area contributed by atoms with Gasteiger partial charge in [-0.2, -0.15) is 0 Å². The van der Waals surface area contributed by atoms with Crippen LogP contribution in [0.4, 0.5) is 0 Å².